The van der Waals surface area contributed by atoms with E-state index >= 15 is 0 Å². The third-order valence-corrected chi connectivity index (χ3v) is 1.70. The summed E-state index contributed by atoms with van der Waals surface area (Å²) < 4.78 is 4.90. The first-order valence-corrected chi connectivity index (χ1v) is 4.19. The van der Waals surface area contributed by atoms with Crippen LogP contribution in [0.5, 0.6) is 0 Å². The number of anilines is 1. The van der Waals surface area contributed by atoms with Gasteiger partial charge in [-0.15, -0.1) is 0 Å². The normalized spacial score (nSPS) is 9.83. The lowest BCUT2D eigenvalue weighted by Gasteiger charge is -2.04. The SMILES string of the molecule is COCCNc1cccc(Cl)c1. The van der Waals surface area contributed by atoms with Gasteiger partial charge < -0.3 is 10.1 Å². The lowest BCUT2D eigenvalue weighted by atomic mass is 10.3. The molecule has 0 aliphatic carbocycles. The van der Waals surface area contributed by atoms with Crippen molar-refractivity contribution in [2.24, 2.45) is 0 Å². The quantitative estimate of drug-likeness (QED) is 0.728. The summed E-state index contributed by atoms with van der Waals surface area (Å²) in [5, 5.41) is 3.92. The van der Waals surface area contributed by atoms with Gasteiger partial charge in [0, 0.05) is 24.4 Å². The van der Waals surface area contributed by atoms with Gasteiger partial charge in [-0.3, -0.25) is 0 Å². The van der Waals surface area contributed by atoms with Gasteiger partial charge in [-0.25, -0.2) is 0 Å². The first kappa shape index (κ1) is 9.36. The highest BCUT2D eigenvalue weighted by molar-refractivity contribution is 6.30. The molecule has 0 amide bonds. The van der Waals surface area contributed by atoms with Gasteiger partial charge >= 0.3 is 0 Å². The van der Waals surface area contributed by atoms with E-state index < -0.39 is 0 Å². The zero-order chi connectivity index (χ0) is 8.81. The number of rotatable bonds is 4. The van der Waals surface area contributed by atoms with E-state index in [1.807, 2.05) is 24.3 Å². The van der Waals surface area contributed by atoms with Crippen molar-refractivity contribution >= 4 is 17.3 Å². The van der Waals surface area contributed by atoms with E-state index in [1.165, 1.54) is 0 Å². The maximum absolute atomic E-state index is 5.79. The molecule has 0 radical (unpaired) electrons. The number of ether oxygens (including phenoxy) is 1. The molecule has 0 aromatic heterocycles. The Balaban J connectivity index is 2.41. The standard InChI is InChI=1S/C9H12ClNO/c1-12-6-5-11-9-4-2-3-8(10)7-9/h2-4,7,11H,5-6H2,1H3. The Bertz CT molecular complexity index is 240. The van der Waals surface area contributed by atoms with Gasteiger partial charge in [-0.2, -0.15) is 0 Å². The minimum Gasteiger partial charge on any atom is -0.383 e. The molecule has 0 aliphatic heterocycles. The molecule has 0 heterocycles. The maximum atomic E-state index is 5.79. The molecule has 0 fully saturated rings. The lowest BCUT2D eigenvalue weighted by molar-refractivity contribution is 0.211. The van der Waals surface area contributed by atoms with Gasteiger partial charge in [0.05, 0.1) is 6.61 Å². The Morgan fingerprint density at radius 2 is 2.33 bits per heavy atom. The number of halogens is 1. The van der Waals surface area contributed by atoms with Crippen LogP contribution in [0.1, 0.15) is 0 Å². The number of hydrogen-bond acceptors (Lipinski definition) is 2. The fourth-order valence-electron chi connectivity index (χ4n) is 0.896. The smallest absolute Gasteiger partial charge is 0.0635 e. The van der Waals surface area contributed by atoms with Gasteiger partial charge in [0.2, 0.25) is 0 Å². The van der Waals surface area contributed by atoms with Crippen LogP contribution in [0.2, 0.25) is 5.02 Å². The number of benzene rings is 1. The summed E-state index contributed by atoms with van der Waals surface area (Å²) in [5.41, 5.74) is 1.03. The van der Waals surface area contributed by atoms with Crippen LogP contribution in [0.4, 0.5) is 5.69 Å². The van der Waals surface area contributed by atoms with E-state index in [0.717, 1.165) is 17.3 Å². The van der Waals surface area contributed by atoms with E-state index in [4.69, 9.17) is 16.3 Å². The van der Waals surface area contributed by atoms with Crippen molar-refractivity contribution < 1.29 is 4.74 Å². The highest BCUT2D eigenvalue weighted by Gasteiger charge is 1.91. The van der Waals surface area contributed by atoms with Crippen molar-refractivity contribution in [2.45, 2.75) is 0 Å². The molecule has 3 heteroatoms. The lowest BCUT2D eigenvalue weighted by Crippen LogP contribution is -2.07. The number of nitrogens with one attached hydrogen (secondary N) is 1. The van der Waals surface area contributed by atoms with Crippen molar-refractivity contribution in [1.82, 2.24) is 0 Å². The first-order chi connectivity index (χ1) is 5.83. The molecule has 0 saturated heterocycles. The molecule has 0 aliphatic rings. The van der Waals surface area contributed by atoms with Crippen LogP contribution >= 0.6 is 11.6 Å². The summed E-state index contributed by atoms with van der Waals surface area (Å²) in [7, 11) is 1.68. The predicted molar refractivity (Wildman–Crippen MR) is 51.8 cm³/mol. The minimum absolute atomic E-state index is 0.701. The average molecular weight is 186 g/mol. The van der Waals surface area contributed by atoms with E-state index in [1.54, 1.807) is 7.11 Å². The fourth-order valence-corrected chi connectivity index (χ4v) is 1.09. The van der Waals surface area contributed by atoms with Crippen molar-refractivity contribution in [3.63, 3.8) is 0 Å². The van der Waals surface area contributed by atoms with Crippen molar-refractivity contribution in [3.8, 4) is 0 Å². The molecule has 0 unspecified atom stereocenters. The molecule has 12 heavy (non-hydrogen) atoms. The van der Waals surface area contributed by atoms with Gasteiger partial charge in [0.25, 0.3) is 0 Å². The van der Waals surface area contributed by atoms with Crippen LogP contribution in [0.25, 0.3) is 0 Å². The largest absolute Gasteiger partial charge is 0.383 e. The van der Waals surface area contributed by atoms with Crippen LogP contribution in [-0.2, 0) is 4.74 Å². The third kappa shape index (κ3) is 3.11. The molecule has 0 atom stereocenters. The second-order valence-corrected chi connectivity index (χ2v) is 2.87. The van der Waals surface area contributed by atoms with E-state index in [-0.39, 0.29) is 0 Å². The Hall–Kier alpha value is -0.730. The number of methoxy groups -OCH3 is 1. The molecule has 0 saturated carbocycles. The zero-order valence-corrected chi connectivity index (χ0v) is 7.77. The highest BCUT2D eigenvalue weighted by atomic mass is 35.5. The van der Waals surface area contributed by atoms with Crippen molar-refractivity contribution in [2.75, 3.05) is 25.6 Å². The summed E-state index contributed by atoms with van der Waals surface area (Å²) in [4.78, 5) is 0. The van der Waals surface area contributed by atoms with Gasteiger partial charge in [0.1, 0.15) is 0 Å². The Kier molecular flexibility index (Phi) is 3.91. The topological polar surface area (TPSA) is 21.3 Å². The first-order valence-electron chi connectivity index (χ1n) is 3.81. The second-order valence-electron chi connectivity index (χ2n) is 2.43. The molecule has 0 bridgehead atoms. The van der Waals surface area contributed by atoms with Crippen molar-refractivity contribution in [3.05, 3.63) is 29.3 Å². The van der Waals surface area contributed by atoms with E-state index in [0.29, 0.717) is 6.61 Å². The summed E-state index contributed by atoms with van der Waals surface area (Å²) in [6.07, 6.45) is 0. The molecular formula is C9H12ClNO. The predicted octanol–water partition coefficient (Wildman–Crippen LogP) is 2.40. The Morgan fingerprint density at radius 1 is 1.50 bits per heavy atom. The molecule has 2 nitrogen and oxygen atoms in total. The van der Waals surface area contributed by atoms with Crippen molar-refractivity contribution in [1.29, 1.82) is 0 Å². The third-order valence-electron chi connectivity index (χ3n) is 1.46. The molecule has 66 valence electrons. The molecule has 0 spiro atoms. The molecule has 1 rings (SSSR count). The van der Waals surface area contributed by atoms with Crippen LogP contribution in [0.15, 0.2) is 24.3 Å². The summed E-state index contributed by atoms with van der Waals surface area (Å²) in [6.45, 7) is 1.50. The second kappa shape index (κ2) is 5.01. The summed E-state index contributed by atoms with van der Waals surface area (Å²) in [5.74, 6) is 0. The van der Waals surface area contributed by atoms with Gasteiger partial charge in [0.15, 0.2) is 0 Å². The minimum atomic E-state index is 0.701. The summed E-state index contributed by atoms with van der Waals surface area (Å²) in [6, 6.07) is 7.62. The maximum Gasteiger partial charge on any atom is 0.0635 e. The highest BCUT2D eigenvalue weighted by Crippen LogP contribution is 2.14. The zero-order valence-electron chi connectivity index (χ0n) is 7.01. The number of hydrogen-bond donors (Lipinski definition) is 1. The van der Waals surface area contributed by atoms with Crippen LogP contribution < -0.4 is 5.32 Å². The monoisotopic (exact) mass is 185 g/mol. The molecule has 1 aromatic rings. The fraction of sp³-hybridized carbons (Fsp3) is 0.333. The average Bonchev–Trinajstić information content (AvgIpc) is 2.05. The molecular weight excluding hydrogens is 174 g/mol. The molecule has 1 N–H and O–H groups in total. The van der Waals surface area contributed by atoms with Crippen LogP contribution in [0, 0.1) is 0 Å². The van der Waals surface area contributed by atoms with Crippen LogP contribution in [0.3, 0.4) is 0 Å². The Labute approximate surface area is 77.5 Å². The van der Waals surface area contributed by atoms with E-state index in [2.05, 4.69) is 5.32 Å². The molecule has 1 aromatic carbocycles. The van der Waals surface area contributed by atoms with Gasteiger partial charge in [-0.05, 0) is 18.2 Å². The van der Waals surface area contributed by atoms with Crippen LogP contribution in [-0.4, -0.2) is 20.3 Å². The summed E-state index contributed by atoms with van der Waals surface area (Å²) >= 11 is 5.79. The van der Waals surface area contributed by atoms with E-state index in [9.17, 15) is 0 Å². The van der Waals surface area contributed by atoms with Gasteiger partial charge in [-0.1, -0.05) is 17.7 Å². The Morgan fingerprint density at radius 3 is 3.00 bits per heavy atom.